The molecule has 3 rings (SSSR count). The highest BCUT2D eigenvalue weighted by molar-refractivity contribution is 7.88. The first-order valence-corrected chi connectivity index (χ1v) is 13.3. The third-order valence-corrected chi connectivity index (χ3v) is 6.86. The molecule has 1 saturated carbocycles. The van der Waals surface area contributed by atoms with E-state index in [4.69, 9.17) is 4.74 Å². The Morgan fingerprint density at radius 3 is 2.63 bits per heavy atom. The standard InChI is InChI=1S/C23H36N2O4S/c1-3-9-23(26)25-15-8-14-21(24-30(2,27)28)22(25)17-18-10-7-13-20(16-18)29-19-11-5-4-6-12-19/h7,10,13,16,19,21-22,24H,3-6,8-9,11-12,14-15,17H2,1-2H3. The molecule has 30 heavy (non-hydrogen) atoms. The van der Waals surface area contributed by atoms with Gasteiger partial charge in [0, 0.05) is 19.0 Å². The summed E-state index contributed by atoms with van der Waals surface area (Å²) < 4.78 is 32.9. The number of carbonyl (C=O) groups excluding carboxylic acids is 1. The maximum atomic E-state index is 12.8. The molecule has 2 unspecified atom stereocenters. The van der Waals surface area contributed by atoms with Crippen molar-refractivity contribution < 1.29 is 17.9 Å². The number of nitrogens with zero attached hydrogens (tertiary/aromatic N) is 1. The predicted molar refractivity (Wildman–Crippen MR) is 119 cm³/mol. The third-order valence-electron chi connectivity index (χ3n) is 6.13. The van der Waals surface area contributed by atoms with E-state index in [2.05, 4.69) is 10.8 Å². The highest BCUT2D eigenvalue weighted by Gasteiger charge is 2.35. The van der Waals surface area contributed by atoms with Crippen LogP contribution in [0.5, 0.6) is 5.75 Å². The Morgan fingerprint density at radius 2 is 1.93 bits per heavy atom. The lowest BCUT2D eigenvalue weighted by molar-refractivity contribution is -0.135. The van der Waals surface area contributed by atoms with Crippen LogP contribution < -0.4 is 9.46 Å². The van der Waals surface area contributed by atoms with Crippen LogP contribution in [-0.4, -0.2) is 50.2 Å². The number of likely N-dealkylation sites (tertiary alicyclic amines) is 1. The molecule has 1 aromatic carbocycles. The molecule has 2 aliphatic rings. The number of amides is 1. The van der Waals surface area contributed by atoms with Gasteiger partial charge in [0.2, 0.25) is 15.9 Å². The number of carbonyl (C=O) groups is 1. The molecule has 0 spiro atoms. The summed E-state index contributed by atoms with van der Waals surface area (Å²) in [6.45, 7) is 2.68. The van der Waals surface area contributed by atoms with Crippen molar-refractivity contribution in [2.45, 2.75) is 89.3 Å². The van der Waals surface area contributed by atoms with E-state index >= 15 is 0 Å². The zero-order valence-corrected chi connectivity index (χ0v) is 19.1. The summed E-state index contributed by atoms with van der Waals surface area (Å²) in [6.07, 6.45) is 10.9. The number of piperidine rings is 1. The van der Waals surface area contributed by atoms with E-state index in [-0.39, 0.29) is 24.1 Å². The van der Waals surface area contributed by atoms with Crippen molar-refractivity contribution in [2.24, 2.45) is 0 Å². The van der Waals surface area contributed by atoms with Gasteiger partial charge >= 0.3 is 0 Å². The van der Waals surface area contributed by atoms with Crippen LogP contribution in [-0.2, 0) is 21.2 Å². The summed E-state index contributed by atoms with van der Waals surface area (Å²) in [5.74, 6) is 0.978. The van der Waals surface area contributed by atoms with Gasteiger partial charge in [-0.3, -0.25) is 4.79 Å². The summed E-state index contributed by atoms with van der Waals surface area (Å²) >= 11 is 0. The summed E-state index contributed by atoms with van der Waals surface area (Å²) in [5, 5.41) is 0. The van der Waals surface area contributed by atoms with Gasteiger partial charge in [-0.25, -0.2) is 13.1 Å². The second-order valence-electron chi connectivity index (χ2n) is 8.77. The Kier molecular flexibility index (Phi) is 8.17. The molecule has 0 radical (unpaired) electrons. The molecule has 1 aromatic rings. The molecule has 1 aliphatic heterocycles. The Morgan fingerprint density at radius 1 is 1.17 bits per heavy atom. The predicted octanol–water partition coefficient (Wildman–Crippen LogP) is 3.65. The lowest BCUT2D eigenvalue weighted by Gasteiger charge is -2.41. The van der Waals surface area contributed by atoms with E-state index in [0.717, 1.165) is 43.4 Å². The lowest BCUT2D eigenvalue weighted by atomic mass is 9.91. The highest BCUT2D eigenvalue weighted by Crippen LogP contribution is 2.27. The first kappa shape index (κ1) is 23.1. The van der Waals surface area contributed by atoms with Crippen LogP contribution in [0.15, 0.2) is 24.3 Å². The van der Waals surface area contributed by atoms with Gasteiger partial charge in [0.15, 0.2) is 0 Å². The van der Waals surface area contributed by atoms with E-state index in [1.165, 1.54) is 25.5 Å². The van der Waals surface area contributed by atoms with Gasteiger partial charge in [-0.05, 0) is 69.1 Å². The van der Waals surface area contributed by atoms with Gasteiger partial charge in [0.25, 0.3) is 0 Å². The zero-order chi connectivity index (χ0) is 21.6. The molecule has 168 valence electrons. The fourth-order valence-electron chi connectivity index (χ4n) is 4.75. The number of rotatable bonds is 8. The maximum Gasteiger partial charge on any atom is 0.222 e. The van der Waals surface area contributed by atoms with Crippen molar-refractivity contribution >= 4 is 15.9 Å². The molecular weight excluding hydrogens is 400 g/mol. The molecule has 6 nitrogen and oxygen atoms in total. The Labute approximate surface area is 181 Å². The summed E-state index contributed by atoms with van der Waals surface area (Å²) in [7, 11) is -3.35. The molecule has 1 N–H and O–H groups in total. The number of nitrogens with one attached hydrogen (secondary N) is 1. The van der Waals surface area contributed by atoms with E-state index in [1.54, 1.807) is 0 Å². The first-order valence-electron chi connectivity index (χ1n) is 11.4. The van der Waals surface area contributed by atoms with Crippen molar-refractivity contribution in [3.8, 4) is 5.75 Å². The fraction of sp³-hybridized carbons (Fsp3) is 0.696. The van der Waals surface area contributed by atoms with Crippen LogP contribution in [0.3, 0.4) is 0 Å². The minimum absolute atomic E-state index is 0.108. The molecule has 1 aliphatic carbocycles. The van der Waals surface area contributed by atoms with Crippen molar-refractivity contribution in [1.82, 2.24) is 9.62 Å². The molecule has 0 aromatic heterocycles. The van der Waals surface area contributed by atoms with E-state index < -0.39 is 10.0 Å². The molecule has 1 saturated heterocycles. The van der Waals surface area contributed by atoms with Crippen LogP contribution in [0.1, 0.15) is 70.3 Å². The van der Waals surface area contributed by atoms with Crippen LogP contribution in [0, 0.1) is 0 Å². The van der Waals surface area contributed by atoms with E-state index in [1.807, 2.05) is 30.0 Å². The Bertz CT molecular complexity index is 805. The molecule has 7 heteroatoms. The second kappa shape index (κ2) is 10.6. The fourth-order valence-corrected chi connectivity index (χ4v) is 5.58. The van der Waals surface area contributed by atoms with Gasteiger partial charge in [-0.2, -0.15) is 0 Å². The lowest BCUT2D eigenvalue weighted by Crippen LogP contribution is -2.57. The quantitative estimate of drug-likeness (QED) is 0.675. The number of benzene rings is 1. The number of ether oxygens (including phenoxy) is 1. The summed E-state index contributed by atoms with van der Waals surface area (Å²) in [5.41, 5.74) is 1.07. The molecule has 2 fully saturated rings. The number of hydrogen-bond donors (Lipinski definition) is 1. The molecule has 1 amide bonds. The SMILES string of the molecule is CCCC(=O)N1CCCC(NS(C)(=O)=O)C1Cc1cccc(OC2CCCCC2)c1. The van der Waals surface area contributed by atoms with Gasteiger partial charge < -0.3 is 9.64 Å². The minimum atomic E-state index is -3.35. The van der Waals surface area contributed by atoms with Crippen LogP contribution >= 0.6 is 0 Å². The first-order chi connectivity index (χ1) is 14.4. The van der Waals surface area contributed by atoms with Gasteiger partial charge in [-0.1, -0.05) is 25.5 Å². The third kappa shape index (κ3) is 6.71. The van der Waals surface area contributed by atoms with Crippen molar-refractivity contribution in [2.75, 3.05) is 12.8 Å². The van der Waals surface area contributed by atoms with Crippen LogP contribution in [0.4, 0.5) is 0 Å². The maximum absolute atomic E-state index is 12.8. The Balaban J connectivity index is 1.77. The van der Waals surface area contributed by atoms with Gasteiger partial charge in [0.05, 0.1) is 18.4 Å². The van der Waals surface area contributed by atoms with Gasteiger partial charge in [0.1, 0.15) is 5.75 Å². The second-order valence-corrected chi connectivity index (χ2v) is 10.6. The monoisotopic (exact) mass is 436 g/mol. The van der Waals surface area contributed by atoms with Crippen LogP contribution in [0.2, 0.25) is 0 Å². The summed E-state index contributed by atoms with van der Waals surface area (Å²) in [4.78, 5) is 14.7. The zero-order valence-electron chi connectivity index (χ0n) is 18.3. The highest BCUT2D eigenvalue weighted by atomic mass is 32.2. The number of hydrogen-bond acceptors (Lipinski definition) is 4. The largest absolute Gasteiger partial charge is 0.490 e. The molecular formula is C23H36N2O4S. The smallest absolute Gasteiger partial charge is 0.222 e. The van der Waals surface area contributed by atoms with E-state index in [9.17, 15) is 13.2 Å². The van der Waals surface area contributed by atoms with Gasteiger partial charge in [-0.15, -0.1) is 0 Å². The minimum Gasteiger partial charge on any atom is -0.490 e. The Hall–Kier alpha value is -1.60. The molecule has 2 atom stereocenters. The van der Waals surface area contributed by atoms with E-state index in [0.29, 0.717) is 19.4 Å². The molecule has 0 bridgehead atoms. The average molecular weight is 437 g/mol. The molecule has 1 heterocycles. The average Bonchev–Trinajstić information content (AvgIpc) is 2.69. The topological polar surface area (TPSA) is 75.7 Å². The van der Waals surface area contributed by atoms with Crippen molar-refractivity contribution in [3.63, 3.8) is 0 Å². The van der Waals surface area contributed by atoms with Crippen LogP contribution in [0.25, 0.3) is 0 Å². The number of sulfonamides is 1. The summed E-state index contributed by atoms with van der Waals surface area (Å²) in [6, 6.07) is 7.64. The normalized spacial score (nSPS) is 23.3. The van der Waals surface area contributed by atoms with Crippen molar-refractivity contribution in [3.05, 3.63) is 29.8 Å². The van der Waals surface area contributed by atoms with Crippen molar-refractivity contribution in [1.29, 1.82) is 0 Å².